The van der Waals surface area contributed by atoms with E-state index in [1.807, 2.05) is 31.2 Å². The number of anilines is 1. The number of aryl methyl sites for hydroxylation is 1. The number of nitrogens with two attached hydrogens (primary N) is 1. The Hall–Kier alpha value is -1.92. The van der Waals surface area contributed by atoms with Crippen molar-refractivity contribution in [2.45, 2.75) is 6.92 Å². The normalized spacial score (nSPS) is 10.8. The summed E-state index contributed by atoms with van der Waals surface area (Å²) in [6.07, 6.45) is 0. The number of tetrazole rings is 1. The summed E-state index contributed by atoms with van der Waals surface area (Å²) in [5.41, 5.74) is 9.04. The minimum absolute atomic E-state index is 0.477. The number of nitrogens with zero attached hydrogens (tertiary/aromatic N) is 4. The molecule has 0 aliphatic carbocycles. The lowest BCUT2D eigenvalue weighted by Crippen LogP contribution is -2.01. The van der Waals surface area contributed by atoms with Crippen molar-refractivity contribution in [1.82, 2.24) is 20.2 Å². The molecule has 0 unspecified atom stereocenters. The molecule has 0 radical (unpaired) electrons. The van der Waals surface area contributed by atoms with Crippen LogP contribution in [0.25, 0.3) is 17.1 Å². The minimum atomic E-state index is 0.477. The number of nitrogen functional groups attached to an aromatic ring is 1. The van der Waals surface area contributed by atoms with E-state index in [-0.39, 0.29) is 0 Å². The van der Waals surface area contributed by atoms with Crippen LogP contribution in [-0.2, 0) is 0 Å². The van der Waals surface area contributed by atoms with Gasteiger partial charge in [-0.3, -0.25) is 0 Å². The molecule has 0 aliphatic rings. The van der Waals surface area contributed by atoms with Gasteiger partial charge in [0.05, 0.1) is 16.4 Å². The highest BCUT2D eigenvalue weighted by Crippen LogP contribution is 2.29. The molecule has 106 valence electrons. The lowest BCUT2D eigenvalue weighted by molar-refractivity contribution is 0.788. The van der Waals surface area contributed by atoms with Gasteiger partial charge in [-0.1, -0.05) is 17.7 Å². The van der Waals surface area contributed by atoms with Crippen LogP contribution in [0.15, 0.2) is 40.9 Å². The summed E-state index contributed by atoms with van der Waals surface area (Å²) >= 11 is 9.60. The Bertz CT molecular complexity index is 815. The lowest BCUT2D eigenvalue weighted by atomic mass is 10.2. The van der Waals surface area contributed by atoms with Crippen molar-refractivity contribution in [1.29, 1.82) is 0 Å². The van der Waals surface area contributed by atoms with Gasteiger partial charge >= 0.3 is 0 Å². The van der Waals surface area contributed by atoms with Crippen LogP contribution in [0.5, 0.6) is 0 Å². The topological polar surface area (TPSA) is 69.6 Å². The SMILES string of the molecule is Cc1ccc(Br)c(-n2nnnc2-c2ccc(N)c(Cl)c2)c1. The van der Waals surface area contributed by atoms with Gasteiger partial charge in [-0.15, -0.1) is 5.10 Å². The second-order valence-corrected chi connectivity index (χ2v) is 5.87. The molecule has 1 aromatic heterocycles. The van der Waals surface area contributed by atoms with Crippen molar-refractivity contribution >= 4 is 33.2 Å². The number of hydrogen-bond donors (Lipinski definition) is 1. The fourth-order valence-corrected chi connectivity index (χ4v) is 2.58. The van der Waals surface area contributed by atoms with Gasteiger partial charge in [0.15, 0.2) is 5.82 Å². The number of benzene rings is 2. The molecule has 3 aromatic rings. The molecule has 0 aliphatic heterocycles. The monoisotopic (exact) mass is 363 g/mol. The Morgan fingerprint density at radius 1 is 1.19 bits per heavy atom. The molecule has 5 nitrogen and oxygen atoms in total. The zero-order valence-corrected chi connectivity index (χ0v) is 13.4. The van der Waals surface area contributed by atoms with Crippen LogP contribution in [0.2, 0.25) is 5.02 Å². The van der Waals surface area contributed by atoms with Crippen LogP contribution < -0.4 is 5.73 Å². The Morgan fingerprint density at radius 2 is 2.00 bits per heavy atom. The fraction of sp³-hybridized carbons (Fsp3) is 0.0714. The van der Waals surface area contributed by atoms with Crippen molar-refractivity contribution in [2.24, 2.45) is 0 Å². The summed E-state index contributed by atoms with van der Waals surface area (Å²) in [6.45, 7) is 2.01. The van der Waals surface area contributed by atoms with Crippen LogP contribution in [0.4, 0.5) is 5.69 Å². The van der Waals surface area contributed by atoms with Crippen molar-refractivity contribution < 1.29 is 0 Å². The first-order valence-electron chi connectivity index (χ1n) is 6.16. The summed E-state index contributed by atoms with van der Waals surface area (Å²) in [5.74, 6) is 0.600. The predicted molar refractivity (Wildman–Crippen MR) is 86.4 cm³/mol. The standard InChI is InChI=1S/C14H11BrClN5/c1-8-2-4-10(15)13(6-8)21-14(18-19-20-21)9-3-5-12(17)11(16)7-9/h2-7H,17H2,1H3. The van der Waals surface area contributed by atoms with Crippen LogP contribution in [0, 0.1) is 6.92 Å². The minimum Gasteiger partial charge on any atom is -0.398 e. The molecular weight excluding hydrogens is 354 g/mol. The largest absolute Gasteiger partial charge is 0.398 e. The van der Waals surface area contributed by atoms with E-state index in [2.05, 4.69) is 31.5 Å². The maximum Gasteiger partial charge on any atom is 0.187 e. The van der Waals surface area contributed by atoms with Gasteiger partial charge in [-0.05, 0) is 69.2 Å². The highest BCUT2D eigenvalue weighted by atomic mass is 79.9. The third-order valence-electron chi connectivity index (χ3n) is 3.06. The van der Waals surface area contributed by atoms with E-state index in [9.17, 15) is 0 Å². The van der Waals surface area contributed by atoms with Crippen molar-refractivity contribution in [3.63, 3.8) is 0 Å². The Morgan fingerprint density at radius 3 is 2.76 bits per heavy atom. The molecule has 1 heterocycles. The summed E-state index contributed by atoms with van der Waals surface area (Å²) in [6, 6.07) is 11.3. The second-order valence-electron chi connectivity index (χ2n) is 4.61. The number of halogens is 2. The quantitative estimate of drug-likeness (QED) is 0.705. The van der Waals surface area contributed by atoms with Crippen molar-refractivity contribution in [2.75, 3.05) is 5.73 Å². The summed E-state index contributed by atoms with van der Waals surface area (Å²) in [4.78, 5) is 0. The van der Waals surface area contributed by atoms with Gasteiger partial charge < -0.3 is 5.73 Å². The fourth-order valence-electron chi connectivity index (χ4n) is 1.98. The maximum absolute atomic E-state index is 6.07. The zero-order chi connectivity index (χ0) is 15.0. The molecule has 0 atom stereocenters. The third-order valence-corrected chi connectivity index (χ3v) is 4.06. The predicted octanol–water partition coefficient (Wildman–Crippen LogP) is 3.64. The van der Waals surface area contributed by atoms with Gasteiger partial charge in [0.1, 0.15) is 0 Å². The molecule has 2 aromatic carbocycles. The molecule has 7 heteroatoms. The number of aromatic nitrogens is 4. The van der Waals surface area contributed by atoms with Crippen LogP contribution in [0.1, 0.15) is 5.56 Å². The smallest absolute Gasteiger partial charge is 0.187 e. The molecule has 2 N–H and O–H groups in total. The molecule has 0 saturated carbocycles. The van der Waals surface area contributed by atoms with Gasteiger partial charge in [-0.2, -0.15) is 4.68 Å². The molecular formula is C14H11BrClN5. The molecule has 0 amide bonds. The average Bonchev–Trinajstić information content (AvgIpc) is 2.93. The van der Waals surface area contributed by atoms with Crippen LogP contribution in [-0.4, -0.2) is 20.2 Å². The Labute approximate surface area is 134 Å². The Balaban J connectivity index is 2.17. The molecule has 21 heavy (non-hydrogen) atoms. The summed E-state index contributed by atoms with van der Waals surface area (Å²) in [7, 11) is 0. The van der Waals surface area contributed by atoms with E-state index in [1.54, 1.807) is 16.8 Å². The number of rotatable bonds is 2. The van der Waals surface area contributed by atoms with E-state index >= 15 is 0 Å². The van der Waals surface area contributed by atoms with Crippen molar-refractivity contribution in [3.8, 4) is 17.1 Å². The molecule has 0 bridgehead atoms. The van der Waals surface area contributed by atoms with Gasteiger partial charge in [0.25, 0.3) is 0 Å². The molecule has 0 saturated heterocycles. The highest BCUT2D eigenvalue weighted by Gasteiger charge is 2.14. The molecule has 0 fully saturated rings. The average molecular weight is 365 g/mol. The van der Waals surface area contributed by atoms with Gasteiger partial charge in [0, 0.05) is 10.0 Å². The van der Waals surface area contributed by atoms with Crippen LogP contribution >= 0.6 is 27.5 Å². The number of hydrogen-bond acceptors (Lipinski definition) is 4. The van der Waals surface area contributed by atoms with Crippen LogP contribution in [0.3, 0.4) is 0 Å². The molecule has 0 spiro atoms. The van der Waals surface area contributed by atoms with Gasteiger partial charge in [-0.25, -0.2) is 0 Å². The van der Waals surface area contributed by atoms with Gasteiger partial charge in [0.2, 0.25) is 0 Å². The highest BCUT2D eigenvalue weighted by molar-refractivity contribution is 9.10. The lowest BCUT2D eigenvalue weighted by Gasteiger charge is -2.08. The summed E-state index contributed by atoms with van der Waals surface area (Å²) < 4.78 is 2.57. The molecule has 3 rings (SSSR count). The first-order valence-corrected chi connectivity index (χ1v) is 7.33. The van der Waals surface area contributed by atoms with E-state index in [0.717, 1.165) is 21.3 Å². The maximum atomic E-state index is 6.07. The first-order chi connectivity index (χ1) is 10.1. The first kappa shape index (κ1) is 14.0. The van der Waals surface area contributed by atoms with E-state index in [0.29, 0.717) is 16.5 Å². The zero-order valence-electron chi connectivity index (χ0n) is 11.1. The second kappa shape index (κ2) is 5.46. The third kappa shape index (κ3) is 2.64. The van der Waals surface area contributed by atoms with E-state index in [4.69, 9.17) is 17.3 Å². The van der Waals surface area contributed by atoms with Crippen molar-refractivity contribution in [3.05, 3.63) is 51.5 Å². The Kier molecular flexibility index (Phi) is 3.65. The van der Waals surface area contributed by atoms with E-state index in [1.165, 1.54) is 0 Å². The summed E-state index contributed by atoms with van der Waals surface area (Å²) in [5, 5.41) is 12.4. The van der Waals surface area contributed by atoms with E-state index < -0.39 is 0 Å².